The highest BCUT2D eigenvalue weighted by Gasteiger charge is 2.14. The molecule has 2 aromatic rings. The minimum absolute atomic E-state index is 0.150. The van der Waals surface area contributed by atoms with Gasteiger partial charge in [-0.3, -0.25) is 0 Å². The van der Waals surface area contributed by atoms with Crippen molar-refractivity contribution in [3.8, 4) is 10.6 Å². The predicted molar refractivity (Wildman–Crippen MR) is 67.5 cm³/mol. The molecule has 0 aliphatic rings. The molecule has 1 aromatic carbocycles. The van der Waals surface area contributed by atoms with Crippen LogP contribution in [-0.4, -0.2) is 10.2 Å². The Bertz CT molecular complexity index is 529. The van der Waals surface area contributed by atoms with E-state index in [-0.39, 0.29) is 11.9 Å². The summed E-state index contributed by atoms with van der Waals surface area (Å²) in [4.78, 5) is 0. The zero-order chi connectivity index (χ0) is 12.4. The first kappa shape index (κ1) is 12.4. The molecule has 0 radical (unpaired) electrons. The molecule has 1 atom stereocenters. The van der Waals surface area contributed by atoms with Gasteiger partial charge in [-0.15, -0.1) is 10.2 Å². The summed E-state index contributed by atoms with van der Waals surface area (Å²) >= 11 is 7.12. The fourth-order valence-corrected chi connectivity index (χ4v) is 2.45. The van der Waals surface area contributed by atoms with Gasteiger partial charge < -0.3 is 5.73 Å². The minimum Gasteiger partial charge on any atom is -0.322 e. The second-order valence-corrected chi connectivity index (χ2v) is 5.03. The molecule has 6 heteroatoms. The maximum atomic E-state index is 13.6. The highest BCUT2D eigenvalue weighted by atomic mass is 35.5. The van der Waals surface area contributed by atoms with E-state index in [1.807, 2.05) is 6.92 Å². The van der Waals surface area contributed by atoms with E-state index in [9.17, 15) is 4.39 Å². The molecule has 0 fully saturated rings. The number of hydrogen-bond donors (Lipinski definition) is 1. The summed E-state index contributed by atoms with van der Waals surface area (Å²) in [5.74, 6) is -0.359. The number of nitrogens with two attached hydrogens (primary N) is 1. The molecule has 0 aliphatic heterocycles. The van der Waals surface area contributed by atoms with E-state index in [1.54, 1.807) is 6.07 Å². The normalized spacial score (nSPS) is 12.7. The van der Waals surface area contributed by atoms with Crippen LogP contribution in [0.1, 0.15) is 24.4 Å². The lowest BCUT2D eigenvalue weighted by atomic mass is 10.2. The summed E-state index contributed by atoms with van der Waals surface area (Å²) in [6.07, 6.45) is 0.770. The summed E-state index contributed by atoms with van der Waals surface area (Å²) in [5, 5.41) is 9.60. The van der Waals surface area contributed by atoms with Gasteiger partial charge in [0, 0.05) is 10.6 Å². The quantitative estimate of drug-likeness (QED) is 0.931. The Morgan fingerprint density at radius 3 is 2.94 bits per heavy atom. The average Bonchev–Trinajstić information content (AvgIpc) is 2.80. The molecule has 2 rings (SSSR count). The van der Waals surface area contributed by atoms with E-state index < -0.39 is 0 Å². The number of rotatable bonds is 3. The standard InChI is InChI=1S/C11H11ClFN3S/c1-2-9(14)11-16-15-10(17-11)7-5-6(12)3-4-8(7)13/h3-5,9H,2,14H2,1H3. The molecular formula is C11H11ClFN3S. The lowest BCUT2D eigenvalue weighted by Gasteiger charge is -2.01. The number of benzene rings is 1. The summed E-state index contributed by atoms with van der Waals surface area (Å²) in [7, 11) is 0. The van der Waals surface area contributed by atoms with Crippen molar-refractivity contribution in [3.63, 3.8) is 0 Å². The number of nitrogens with zero attached hydrogens (tertiary/aromatic N) is 2. The molecule has 2 N–H and O–H groups in total. The van der Waals surface area contributed by atoms with Crippen molar-refractivity contribution in [2.24, 2.45) is 5.73 Å². The molecule has 0 bridgehead atoms. The predicted octanol–water partition coefficient (Wildman–Crippen LogP) is 3.41. The second kappa shape index (κ2) is 5.08. The van der Waals surface area contributed by atoms with Gasteiger partial charge in [0.1, 0.15) is 10.8 Å². The molecule has 0 saturated carbocycles. The van der Waals surface area contributed by atoms with Crippen molar-refractivity contribution in [2.45, 2.75) is 19.4 Å². The molecule has 0 aliphatic carbocycles. The van der Waals surface area contributed by atoms with Crippen LogP contribution in [0.2, 0.25) is 5.02 Å². The van der Waals surface area contributed by atoms with Crippen molar-refractivity contribution < 1.29 is 4.39 Å². The third-order valence-corrected chi connectivity index (χ3v) is 3.68. The van der Waals surface area contributed by atoms with Gasteiger partial charge in [-0.1, -0.05) is 29.9 Å². The smallest absolute Gasteiger partial charge is 0.150 e. The molecule has 90 valence electrons. The summed E-state index contributed by atoms with van der Waals surface area (Å²) in [6, 6.07) is 4.21. The Labute approximate surface area is 107 Å². The van der Waals surface area contributed by atoms with Gasteiger partial charge in [0.05, 0.1) is 6.04 Å². The first-order valence-corrected chi connectivity index (χ1v) is 6.35. The zero-order valence-electron chi connectivity index (χ0n) is 9.15. The molecule has 3 nitrogen and oxygen atoms in total. The van der Waals surface area contributed by atoms with Gasteiger partial charge in [-0.25, -0.2) is 4.39 Å². The van der Waals surface area contributed by atoms with Crippen LogP contribution >= 0.6 is 22.9 Å². The summed E-state index contributed by atoms with van der Waals surface area (Å²) in [5.41, 5.74) is 6.21. The Hall–Kier alpha value is -1.04. The highest BCUT2D eigenvalue weighted by molar-refractivity contribution is 7.14. The Morgan fingerprint density at radius 1 is 1.47 bits per heavy atom. The summed E-state index contributed by atoms with van der Waals surface area (Å²) < 4.78 is 13.6. The highest BCUT2D eigenvalue weighted by Crippen LogP contribution is 2.30. The third-order valence-electron chi connectivity index (χ3n) is 2.36. The first-order chi connectivity index (χ1) is 8.11. The van der Waals surface area contributed by atoms with Crippen LogP contribution in [-0.2, 0) is 0 Å². The van der Waals surface area contributed by atoms with Crippen LogP contribution < -0.4 is 5.73 Å². The van der Waals surface area contributed by atoms with Crippen LogP contribution in [0.3, 0.4) is 0 Å². The Morgan fingerprint density at radius 2 is 2.24 bits per heavy atom. The molecule has 0 amide bonds. The molecule has 1 unspecified atom stereocenters. The SMILES string of the molecule is CCC(N)c1nnc(-c2cc(Cl)ccc2F)s1. The first-order valence-electron chi connectivity index (χ1n) is 5.16. The van der Waals surface area contributed by atoms with E-state index in [4.69, 9.17) is 17.3 Å². The van der Waals surface area contributed by atoms with Gasteiger partial charge in [0.15, 0.2) is 5.01 Å². The van der Waals surface area contributed by atoms with E-state index in [0.717, 1.165) is 6.42 Å². The maximum Gasteiger partial charge on any atom is 0.150 e. The number of hydrogen-bond acceptors (Lipinski definition) is 4. The van der Waals surface area contributed by atoms with Gasteiger partial charge in [0.2, 0.25) is 0 Å². The van der Waals surface area contributed by atoms with Crippen LogP contribution in [0.15, 0.2) is 18.2 Å². The van der Waals surface area contributed by atoms with E-state index >= 15 is 0 Å². The monoisotopic (exact) mass is 271 g/mol. The van der Waals surface area contributed by atoms with Gasteiger partial charge in [-0.2, -0.15) is 0 Å². The second-order valence-electron chi connectivity index (χ2n) is 3.58. The zero-order valence-corrected chi connectivity index (χ0v) is 10.7. The largest absolute Gasteiger partial charge is 0.322 e. The topological polar surface area (TPSA) is 51.8 Å². The fourth-order valence-electron chi connectivity index (χ4n) is 1.33. The minimum atomic E-state index is -0.359. The van der Waals surface area contributed by atoms with Crippen LogP contribution in [0.25, 0.3) is 10.6 Å². The van der Waals surface area contributed by atoms with Crippen LogP contribution in [0.5, 0.6) is 0 Å². The van der Waals surface area contributed by atoms with Gasteiger partial charge in [-0.05, 0) is 24.6 Å². The number of halogens is 2. The van der Waals surface area contributed by atoms with Crippen molar-refractivity contribution in [2.75, 3.05) is 0 Å². The van der Waals surface area contributed by atoms with E-state index in [0.29, 0.717) is 20.6 Å². The van der Waals surface area contributed by atoms with Crippen LogP contribution in [0, 0.1) is 5.82 Å². The third kappa shape index (κ3) is 2.62. The Kier molecular flexibility index (Phi) is 3.71. The lowest BCUT2D eigenvalue weighted by Crippen LogP contribution is -2.07. The average molecular weight is 272 g/mol. The molecule has 1 aromatic heterocycles. The lowest BCUT2D eigenvalue weighted by molar-refractivity contribution is 0.631. The molecule has 0 spiro atoms. The summed E-state index contributed by atoms with van der Waals surface area (Å²) in [6.45, 7) is 1.96. The fraction of sp³-hybridized carbons (Fsp3) is 0.273. The van der Waals surface area contributed by atoms with Crippen LogP contribution in [0.4, 0.5) is 4.39 Å². The molecule has 1 heterocycles. The molecule has 0 saturated heterocycles. The van der Waals surface area contributed by atoms with Crippen molar-refractivity contribution in [3.05, 3.63) is 34.0 Å². The maximum absolute atomic E-state index is 13.6. The van der Waals surface area contributed by atoms with Crippen molar-refractivity contribution >= 4 is 22.9 Å². The van der Waals surface area contributed by atoms with Gasteiger partial charge in [0.25, 0.3) is 0 Å². The van der Waals surface area contributed by atoms with E-state index in [2.05, 4.69) is 10.2 Å². The van der Waals surface area contributed by atoms with Crippen molar-refractivity contribution in [1.82, 2.24) is 10.2 Å². The van der Waals surface area contributed by atoms with Crippen molar-refractivity contribution in [1.29, 1.82) is 0 Å². The Balaban J connectivity index is 2.40. The molecule has 17 heavy (non-hydrogen) atoms. The van der Waals surface area contributed by atoms with Gasteiger partial charge >= 0.3 is 0 Å². The van der Waals surface area contributed by atoms with E-state index in [1.165, 1.54) is 23.5 Å². The number of aromatic nitrogens is 2. The molecular weight excluding hydrogens is 261 g/mol.